The van der Waals surface area contributed by atoms with E-state index >= 15 is 0 Å². The summed E-state index contributed by atoms with van der Waals surface area (Å²) < 4.78 is 0. The van der Waals surface area contributed by atoms with Gasteiger partial charge in [0, 0.05) is 15.1 Å². The minimum absolute atomic E-state index is 0.417. The Morgan fingerprint density at radius 1 is 1.00 bits per heavy atom. The molecule has 17 heavy (non-hydrogen) atoms. The molecule has 0 amide bonds. The molecule has 0 spiro atoms. The molecule has 0 atom stereocenters. The largest absolute Gasteiger partial charge is 0.193 e. The smallest absolute Gasteiger partial charge is 0.0940 e. The van der Waals surface area contributed by atoms with E-state index in [4.69, 9.17) is 5.26 Å². The van der Waals surface area contributed by atoms with Gasteiger partial charge in [-0.05, 0) is 12.8 Å². The van der Waals surface area contributed by atoms with Gasteiger partial charge in [-0.3, -0.25) is 0 Å². The van der Waals surface area contributed by atoms with Crippen molar-refractivity contribution in [1.82, 2.24) is 0 Å². The number of nitriles is 1. The van der Waals surface area contributed by atoms with Crippen LogP contribution in [0.4, 0.5) is 0 Å². The lowest BCUT2D eigenvalue weighted by molar-refractivity contribution is 0.576. The van der Waals surface area contributed by atoms with Gasteiger partial charge in [-0.1, -0.05) is 71.5 Å². The minimum Gasteiger partial charge on any atom is -0.193 e. The molecule has 0 saturated heterocycles. The summed E-state index contributed by atoms with van der Waals surface area (Å²) in [5.74, 6) is 0. The summed E-state index contributed by atoms with van der Waals surface area (Å²) in [6.07, 6.45) is 11.4. The maximum Gasteiger partial charge on any atom is 0.0940 e. The van der Waals surface area contributed by atoms with Crippen molar-refractivity contribution in [2.45, 2.75) is 77.8 Å². The Labute approximate surface area is 111 Å². The van der Waals surface area contributed by atoms with Gasteiger partial charge >= 0.3 is 0 Å². The quantitative estimate of drug-likeness (QED) is 0.327. The zero-order valence-electron chi connectivity index (χ0n) is 12.2. The van der Waals surface area contributed by atoms with Gasteiger partial charge in [-0.25, -0.2) is 0 Å². The molecule has 0 bridgehead atoms. The van der Waals surface area contributed by atoms with Gasteiger partial charge < -0.3 is 0 Å². The van der Waals surface area contributed by atoms with Crippen molar-refractivity contribution in [1.29, 1.82) is 5.26 Å². The third kappa shape index (κ3) is 21.3. The van der Waals surface area contributed by atoms with E-state index in [1.54, 1.807) is 0 Å². The molecule has 0 saturated carbocycles. The first kappa shape index (κ1) is 18.8. The van der Waals surface area contributed by atoms with Crippen LogP contribution in [0.2, 0.25) is 13.1 Å². The third-order valence-corrected chi connectivity index (χ3v) is 2.49. The Kier molecular flexibility index (Phi) is 19.7. The van der Waals surface area contributed by atoms with Crippen LogP contribution < -0.4 is 0 Å². The molecule has 0 rings (SSSR count). The molecule has 0 aromatic carbocycles. The van der Waals surface area contributed by atoms with Crippen LogP contribution in [0.3, 0.4) is 0 Å². The second-order valence-corrected chi connectivity index (χ2v) is 6.06. The summed E-state index contributed by atoms with van der Waals surface area (Å²) in [5, 5.41) is 8.49. The summed E-state index contributed by atoms with van der Waals surface area (Å²) in [4.78, 5) is 0. The highest BCUT2D eigenvalue weighted by Crippen LogP contribution is 2.11. The first-order valence-corrected chi connectivity index (χ1v) is 10.1. The van der Waals surface area contributed by atoms with Crippen LogP contribution in [0.25, 0.3) is 0 Å². The maximum absolute atomic E-state index is 8.49. The molecule has 1 nitrogen and oxygen atoms in total. The van der Waals surface area contributed by atoms with E-state index in [1.165, 1.54) is 44.9 Å². The Hall–Kier alpha value is -0.553. The highest BCUT2D eigenvalue weighted by atomic mass is 28.2. The molecule has 0 heterocycles. The summed E-state index contributed by atoms with van der Waals surface area (Å²) in [6, 6.07) is 2.09. The molecule has 0 aliphatic carbocycles. The van der Waals surface area contributed by atoms with Gasteiger partial charge in [0.1, 0.15) is 0 Å². The number of allylic oxidation sites excluding steroid dienone is 1. The lowest BCUT2D eigenvalue weighted by Gasteiger charge is -2.00. The first-order valence-electron chi connectivity index (χ1n) is 7.30. The zero-order chi connectivity index (χ0) is 13.4. The topological polar surface area (TPSA) is 23.8 Å². The van der Waals surface area contributed by atoms with Gasteiger partial charge in [-0.15, -0.1) is 0 Å². The van der Waals surface area contributed by atoms with Crippen LogP contribution in [-0.2, 0) is 0 Å². The minimum atomic E-state index is 0.417. The standard InChI is InChI=1S/C13H23N.C2H8Si/c1-3-4-5-6-7-8-9-10-11-13(2)12-14;1-3-2/h2-11H2,1H3;3H2,1-2H3. The van der Waals surface area contributed by atoms with Crippen molar-refractivity contribution >= 4 is 9.52 Å². The van der Waals surface area contributed by atoms with Gasteiger partial charge in [-0.2, -0.15) is 5.26 Å². The SMILES string of the molecule is C=C(C#N)CCCCCCCCCC.C[SiH2]C. The highest BCUT2D eigenvalue weighted by molar-refractivity contribution is 6.31. The number of hydrogen-bond donors (Lipinski definition) is 0. The lowest BCUT2D eigenvalue weighted by Crippen LogP contribution is -1.82. The van der Waals surface area contributed by atoms with Gasteiger partial charge in [0.25, 0.3) is 0 Å². The lowest BCUT2D eigenvalue weighted by atomic mass is 10.1. The molecule has 0 radical (unpaired) electrons. The summed E-state index contributed by atoms with van der Waals surface area (Å²) in [6.45, 7) is 10.4. The molecule has 100 valence electrons. The average Bonchev–Trinajstić information content (AvgIpc) is 2.33. The maximum atomic E-state index is 8.49. The molecule has 0 unspecified atom stereocenters. The van der Waals surface area contributed by atoms with E-state index in [1.807, 2.05) is 0 Å². The molecule has 0 N–H and O–H groups in total. The monoisotopic (exact) mass is 253 g/mol. The van der Waals surface area contributed by atoms with Crippen molar-refractivity contribution in [3.05, 3.63) is 12.2 Å². The van der Waals surface area contributed by atoms with Crippen molar-refractivity contribution in [2.24, 2.45) is 0 Å². The Bertz CT molecular complexity index is 194. The van der Waals surface area contributed by atoms with Crippen molar-refractivity contribution < 1.29 is 0 Å². The average molecular weight is 254 g/mol. The number of rotatable bonds is 9. The molecular weight excluding hydrogens is 222 g/mol. The van der Waals surface area contributed by atoms with E-state index in [9.17, 15) is 0 Å². The summed E-state index contributed by atoms with van der Waals surface area (Å²) in [7, 11) is 0.417. The fourth-order valence-electron chi connectivity index (χ4n) is 1.53. The van der Waals surface area contributed by atoms with E-state index in [0.717, 1.165) is 18.4 Å². The van der Waals surface area contributed by atoms with E-state index in [2.05, 4.69) is 32.7 Å². The molecular formula is C15H31NSi. The first-order chi connectivity index (χ1) is 8.22. The predicted molar refractivity (Wildman–Crippen MR) is 82.3 cm³/mol. The van der Waals surface area contributed by atoms with E-state index < -0.39 is 0 Å². The molecule has 0 aliphatic rings. The Balaban J connectivity index is 0. The van der Waals surface area contributed by atoms with Crippen LogP contribution in [0.1, 0.15) is 64.7 Å². The molecule has 0 aromatic heterocycles. The zero-order valence-corrected chi connectivity index (χ0v) is 13.6. The second kappa shape index (κ2) is 17.8. The van der Waals surface area contributed by atoms with E-state index in [0.29, 0.717) is 9.52 Å². The Morgan fingerprint density at radius 2 is 1.41 bits per heavy atom. The van der Waals surface area contributed by atoms with Crippen molar-refractivity contribution in [3.63, 3.8) is 0 Å². The predicted octanol–water partition coefficient (Wildman–Crippen LogP) is 4.85. The fourth-order valence-corrected chi connectivity index (χ4v) is 1.53. The van der Waals surface area contributed by atoms with Gasteiger partial charge in [0.15, 0.2) is 0 Å². The molecule has 0 aliphatic heterocycles. The number of nitrogens with zero attached hydrogens (tertiary/aromatic N) is 1. The van der Waals surface area contributed by atoms with Crippen LogP contribution >= 0.6 is 0 Å². The Morgan fingerprint density at radius 3 is 1.82 bits per heavy atom. The molecule has 2 heteroatoms. The normalized spacial score (nSPS) is 9.06. The third-order valence-electron chi connectivity index (χ3n) is 2.49. The van der Waals surface area contributed by atoms with Crippen molar-refractivity contribution in [2.75, 3.05) is 0 Å². The van der Waals surface area contributed by atoms with Crippen LogP contribution in [0, 0.1) is 11.3 Å². The number of unbranched alkanes of at least 4 members (excludes halogenated alkanes) is 7. The van der Waals surface area contributed by atoms with E-state index in [-0.39, 0.29) is 0 Å². The molecule has 0 fully saturated rings. The second-order valence-electron chi connectivity index (χ2n) is 4.65. The van der Waals surface area contributed by atoms with Gasteiger partial charge in [0.05, 0.1) is 6.07 Å². The highest BCUT2D eigenvalue weighted by Gasteiger charge is 1.93. The number of hydrogen-bond acceptors (Lipinski definition) is 1. The van der Waals surface area contributed by atoms with Crippen LogP contribution in [-0.4, -0.2) is 9.52 Å². The van der Waals surface area contributed by atoms with Gasteiger partial charge in [0.2, 0.25) is 0 Å². The van der Waals surface area contributed by atoms with Crippen LogP contribution in [0.15, 0.2) is 12.2 Å². The van der Waals surface area contributed by atoms with Crippen molar-refractivity contribution in [3.8, 4) is 6.07 Å². The fraction of sp³-hybridized carbons (Fsp3) is 0.800. The summed E-state index contributed by atoms with van der Waals surface area (Å²) >= 11 is 0. The summed E-state index contributed by atoms with van der Waals surface area (Å²) in [5.41, 5.74) is 0.732. The molecule has 0 aromatic rings. The van der Waals surface area contributed by atoms with Crippen LogP contribution in [0.5, 0.6) is 0 Å².